The smallest absolute Gasteiger partial charge is 0.252 e. The van der Waals surface area contributed by atoms with Gasteiger partial charge in [0.05, 0.1) is 5.69 Å². The summed E-state index contributed by atoms with van der Waals surface area (Å²) in [6.45, 7) is 41.8. The number of benzene rings is 6. The molecule has 0 spiro atoms. The van der Waals surface area contributed by atoms with Crippen molar-refractivity contribution in [1.82, 2.24) is 0 Å². The molecule has 420 valence electrons. The van der Waals surface area contributed by atoms with E-state index in [1.807, 2.05) is 0 Å². The molecule has 11 aliphatic rings. The molecule has 0 atom stereocenters. The Morgan fingerprint density at radius 1 is 0.395 bits per heavy atom. The van der Waals surface area contributed by atoms with E-state index in [9.17, 15) is 0 Å². The van der Waals surface area contributed by atoms with Crippen molar-refractivity contribution in [2.45, 2.75) is 225 Å². The molecule has 3 heteroatoms. The van der Waals surface area contributed by atoms with Gasteiger partial charge >= 0.3 is 0 Å². The zero-order valence-corrected chi connectivity index (χ0v) is 52.9. The van der Waals surface area contributed by atoms with E-state index in [-0.39, 0.29) is 50.0 Å². The SMILES string of the molecule is CC(C)(C)c1ccc(-c2cc(C(C)(C)C)ccc2N2c3ccc(C(C)(C)C)cc3B3c4cc5c(cc4N(c4ccc6c(c4)C(C)(C)CCC6(C)C)c4cc(C67CC8C9CC%10CC8C(C6)C(C%10)C9C7)cc2c43)C(C)(C)CCC5(C)C)cc1. The molecule has 0 aromatic heterocycles. The summed E-state index contributed by atoms with van der Waals surface area (Å²) in [6, 6.07) is 44.1. The molecule has 81 heavy (non-hydrogen) atoms. The highest BCUT2D eigenvalue weighted by Crippen LogP contribution is 2.75. The van der Waals surface area contributed by atoms with E-state index >= 15 is 0 Å². The molecule has 6 aromatic rings. The van der Waals surface area contributed by atoms with Crippen molar-refractivity contribution >= 4 is 57.2 Å². The first kappa shape index (κ1) is 52.8. The molecule has 9 aliphatic carbocycles. The van der Waals surface area contributed by atoms with Crippen molar-refractivity contribution in [1.29, 1.82) is 0 Å². The van der Waals surface area contributed by atoms with Crippen molar-refractivity contribution in [3.05, 3.63) is 148 Å². The topological polar surface area (TPSA) is 6.48 Å². The fourth-order valence-electron chi connectivity index (χ4n) is 19.9. The van der Waals surface area contributed by atoms with Gasteiger partial charge in [0, 0.05) is 34.0 Å². The fourth-order valence-corrected chi connectivity index (χ4v) is 19.9. The van der Waals surface area contributed by atoms with Crippen LogP contribution in [0.3, 0.4) is 0 Å². The average Bonchev–Trinajstić information content (AvgIpc) is 1.14. The fraction of sp³-hybridized carbons (Fsp3) is 0.538. The van der Waals surface area contributed by atoms with Crippen LogP contribution in [0, 0.1) is 41.4 Å². The lowest BCUT2D eigenvalue weighted by molar-refractivity contribution is -0.212. The first-order chi connectivity index (χ1) is 37.9. The maximum Gasteiger partial charge on any atom is 0.252 e. The number of fused-ring (bicyclic) bond motifs is 6. The van der Waals surface area contributed by atoms with Crippen LogP contribution >= 0.6 is 0 Å². The van der Waals surface area contributed by atoms with Crippen LogP contribution < -0.4 is 26.2 Å². The minimum Gasteiger partial charge on any atom is -0.311 e. The summed E-state index contributed by atoms with van der Waals surface area (Å²) in [5.41, 5.74) is 27.7. The Morgan fingerprint density at radius 2 is 0.852 bits per heavy atom. The molecule has 2 nitrogen and oxygen atoms in total. The van der Waals surface area contributed by atoms with E-state index in [0.29, 0.717) is 0 Å². The summed E-state index contributed by atoms with van der Waals surface area (Å²) in [6.07, 6.45) is 13.5. The molecule has 2 aliphatic heterocycles. The zero-order valence-electron chi connectivity index (χ0n) is 52.9. The standard InChI is InChI=1S/C78H95BN2/c1-71(2,3)47-20-18-46(19-21-47)52-35-48(72(4,5)6)22-26-65(52)81-66-27-23-49(73(7,8)9)36-63(66)79-64-40-61-62(77(16,17)31-30-76(61,14)15)41-67(64)80(51-24-25-59-60(39-51)75(12,13)29-28-74(59,10)11)68-37-50(38-69(81)70(68)79)78-42-56-53-32-45-33-54(56)58(44-78)55(34-45)57(53)43-78/h18-27,35-41,45,53-58H,28-34,42-44H2,1-17H3. The van der Waals surface area contributed by atoms with Crippen LogP contribution in [0.1, 0.15) is 226 Å². The van der Waals surface area contributed by atoms with E-state index in [1.165, 1.54) is 148 Å². The molecule has 7 fully saturated rings. The van der Waals surface area contributed by atoms with Gasteiger partial charge in [-0.25, -0.2) is 0 Å². The Bertz CT molecular complexity index is 3570. The van der Waals surface area contributed by atoms with Gasteiger partial charge in [0.1, 0.15) is 0 Å². The van der Waals surface area contributed by atoms with Crippen LogP contribution in [-0.2, 0) is 43.3 Å². The van der Waals surface area contributed by atoms with E-state index in [0.717, 1.165) is 41.4 Å². The van der Waals surface area contributed by atoms with Gasteiger partial charge in [-0.15, -0.1) is 0 Å². The summed E-state index contributed by atoms with van der Waals surface area (Å²) < 4.78 is 0. The zero-order chi connectivity index (χ0) is 56.8. The highest BCUT2D eigenvalue weighted by molar-refractivity contribution is 7.00. The molecular formula is C78H95BN2. The van der Waals surface area contributed by atoms with Gasteiger partial charge in [0.2, 0.25) is 0 Å². The lowest BCUT2D eigenvalue weighted by Gasteiger charge is -2.72. The van der Waals surface area contributed by atoms with Crippen molar-refractivity contribution < 1.29 is 0 Å². The first-order valence-electron chi connectivity index (χ1n) is 32.5. The lowest BCUT2D eigenvalue weighted by Crippen LogP contribution is -2.66. The van der Waals surface area contributed by atoms with Gasteiger partial charge in [0.15, 0.2) is 0 Å². The van der Waals surface area contributed by atoms with Gasteiger partial charge in [0.25, 0.3) is 6.71 Å². The minimum atomic E-state index is -0.0342. The molecule has 0 radical (unpaired) electrons. The van der Waals surface area contributed by atoms with Crippen LogP contribution in [0.4, 0.5) is 34.1 Å². The molecule has 17 rings (SSSR count). The van der Waals surface area contributed by atoms with Gasteiger partial charge in [-0.05, 0) is 264 Å². The quantitative estimate of drug-likeness (QED) is 0.162. The number of nitrogens with zero attached hydrogens (tertiary/aromatic N) is 2. The third-order valence-electron chi connectivity index (χ3n) is 24.8. The van der Waals surface area contributed by atoms with Crippen LogP contribution in [0.5, 0.6) is 0 Å². The monoisotopic (exact) mass is 1070 g/mol. The Morgan fingerprint density at radius 3 is 1.40 bits per heavy atom. The van der Waals surface area contributed by atoms with Crippen LogP contribution in [0.2, 0.25) is 0 Å². The molecule has 0 saturated heterocycles. The maximum absolute atomic E-state index is 2.88. The Labute approximate surface area is 489 Å². The second-order valence-electron chi connectivity index (χ2n) is 34.5. The summed E-state index contributed by atoms with van der Waals surface area (Å²) in [4.78, 5) is 5.71. The number of hydrogen-bond acceptors (Lipinski definition) is 2. The number of rotatable bonds is 4. The number of anilines is 6. The normalized spacial score (nSPS) is 29.0. The van der Waals surface area contributed by atoms with E-state index in [4.69, 9.17) is 0 Å². The highest BCUT2D eigenvalue weighted by Gasteiger charge is 2.68. The summed E-state index contributed by atoms with van der Waals surface area (Å²) >= 11 is 0. The number of hydrogen-bond donors (Lipinski definition) is 0. The van der Waals surface area contributed by atoms with E-state index in [2.05, 4.69) is 231 Å². The van der Waals surface area contributed by atoms with E-state index in [1.54, 1.807) is 22.3 Å². The highest BCUT2D eigenvalue weighted by atomic mass is 15.2. The predicted molar refractivity (Wildman–Crippen MR) is 346 cm³/mol. The molecular weight excluding hydrogens is 976 g/mol. The molecule has 0 unspecified atom stereocenters. The summed E-state index contributed by atoms with van der Waals surface area (Å²) in [7, 11) is 0. The Kier molecular flexibility index (Phi) is 10.8. The average molecular weight is 1070 g/mol. The van der Waals surface area contributed by atoms with E-state index < -0.39 is 0 Å². The molecule has 0 N–H and O–H groups in total. The van der Waals surface area contributed by atoms with Crippen LogP contribution in [-0.4, -0.2) is 6.71 Å². The lowest BCUT2D eigenvalue weighted by atomic mass is 9.31. The second-order valence-corrected chi connectivity index (χ2v) is 34.5. The molecule has 6 aromatic carbocycles. The molecule has 7 saturated carbocycles. The predicted octanol–water partition coefficient (Wildman–Crippen LogP) is 19.0. The van der Waals surface area contributed by atoms with Crippen molar-refractivity contribution in [3.8, 4) is 11.1 Å². The van der Waals surface area contributed by atoms with Gasteiger partial charge in [-0.2, -0.15) is 0 Å². The van der Waals surface area contributed by atoms with Gasteiger partial charge < -0.3 is 9.80 Å². The van der Waals surface area contributed by atoms with Crippen molar-refractivity contribution in [2.75, 3.05) is 9.80 Å². The van der Waals surface area contributed by atoms with Crippen molar-refractivity contribution in [3.63, 3.8) is 0 Å². The molecule has 8 bridgehead atoms. The van der Waals surface area contributed by atoms with Crippen molar-refractivity contribution in [2.24, 2.45) is 41.4 Å². The first-order valence-corrected chi connectivity index (χ1v) is 32.5. The largest absolute Gasteiger partial charge is 0.311 e. The third kappa shape index (κ3) is 7.62. The Hall–Kier alpha value is -5.02. The Balaban J connectivity index is 1.07. The molecule has 2 heterocycles. The van der Waals surface area contributed by atoms with Gasteiger partial charge in [-0.3, -0.25) is 0 Å². The van der Waals surface area contributed by atoms with Crippen LogP contribution in [0.25, 0.3) is 11.1 Å². The maximum atomic E-state index is 2.88. The molecule has 0 amide bonds. The summed E-state index contributed by atoms with van der Waals surface area (Å²) in [5, 5.41) is 0. The van der Waals surface area contributed by atoms with Gasteiger partial charge in [-0.1, -0.05) is 172 Å². The minimum absolute atomic E-state index is 0.0220. The second kappa shape index (κ2) is 16.7. The third-order valence-corrected chi connectivity index (χ3v) is 24.8. The van der Waals surface area contributed by atoms with Crippen LogP contribution in [0.15, 0.2) is 103 Å². The summed E-state index contributed by atoms with van der Waals surface area (Å²) in [5.74, 6) is 6.52.